The van der Waals surface area contributed by atoms with Gasteiger partial charge in [-0.1, -0.05) is 20.8 Å². The lowest BCUT2D eigenvalue weighted by Crippen LogP contribution is -2.46. The SMILES string of the molecule is Cc1cc(OC[C@@H]2[C@H]3CC[C@H](c4nc(CO)cs4)O[C@H]3C[C@H]2O[Si](C)(C)C(C)(C)C)ccc1[N+](=O)[O-]. The van der Waals surface area contributed by atoms with Gasteiger partial charge in [0, 0.05) is 22.9 Å². The summed E-state index contributed by atoms with van der Waals surface area (Å²) in [5.74, 6) is 1.12. The number of fused-ring (bicyclic) bond motifs is 1. The summed E-state index contributed by atoms with van der Waals surface area (Å²) >= 11 is 1.55. The second-order valence-electron chi connectivity index (χ2n) is 11.6. The van der Waals surface area contributed by atoms with Gasteiger partial charge in [0.15, 0.2) is 8.32 Å². The first-order valence-electron chi connectivity index (χ1n) is 12.7. The van der Waals surface area contributed by atoms with E-state index in [4.69, 9.17) is 13.9 Å². The van der Waals surface area contributed by atoms with Gasteiger partial charge in [0.1, 0.15) is 16.9 Å². The van der Waals surface area contributed by atoms with Crippen LogP contribution in [0.3, 0.4) is 0 Å². The molecule has 1 aromatic carbocycles. The zero-order chi connectivity index (χ0) is 26.3. The number of benzene rings is 1. The number of rotatable bonds is 8. The highest BCUT2D eigenvalue weighted by atomic mass is 32.1. The number of aliphatic hydroxyl groups excluding tert-OH is 1. The molecule has 10 heteroatoms. The smallest absolute Gasteiger partial charge is 0.272 e. The fourth-order valence-electron chi connectivity index (χ4n) is 5.07. The molecule has 2 aromatic rings. The lowest BCUT2D eigenvalue weighted by molar-refractivity contribution is -0.385. The van der Waals surface area contributed by atoms with E-state index in [-0.39, 0.29) is 46.5 Å². The normalized spacial score (nSPS) is 26.6. The molecule has 36 heavy (non-hydrogen) atoms. The molecule has 2 aliphatic rings. The van der Waals surface area contributed by atoms with Crippen LogP contribution in [0, 0.1) is 28.9 Å². The molecular formula is C26H38N2O6SSi. The first-order chi connectivity index (χ1) is 16.9. The Labute approximate surface area is 218 Å². The van der Waals surface area contributed by atoms with Crippen LogP contribution in [0.1, 0.15) is 62.4 Å². The van der Waals surface area contributed by atoms with Gasteiger partial charge >= 0.3 is 0 Å². The van der Waals surface area contributed by atoms with Gasteiger partial charge in [-0.25, -0.2) is 4.98 Å². The average molecular weight is 535 g/mol. The number of nitro groups is 1. The Morgan fingerprint density at radius 2 is 2.06 bits per heavy atom. The Bertz CT molecular complexity index is 1080. The number of nitrogens with zero attached hydrogens (tertiary/aromatic N) is 2. The van der Waals surface area contributed by atoms with Crippen molar-refractivity contribution in [1.82, 2.24) is 4.98 Å². The molecule has 0 amide bonds. The van der Waals surface area contributed by atoms with Crippen molar-refractivity contribution in [3.05, 3.63) is 50.0 Å². The molecule has 1 aliphatic carbocycles. The minimum absolute atomic E-state index is 0.0306. The van der Waals surface area contributed by atoms with Crippen LogP contribution in [-0.4, -0.2) is 42.1 Å². The average Bonchev–Trinajstić information content (AvgIpc) is 3.40. The Kier molecular flexibility index (Phi) is 7.92. The lowest BCUT2D eigenvalue weighted by atomic mass is 9.87. The molecule has 2 fully saturated rings. The molecule has 1 aliphatic heterocycles. The first-order valence-corrected chi connectivity index (χ1v) is 16.4. The zero-order valence-electron chi connectivity index (χ0n) is 22.0. The third kappa shape index (κ3) is 5.67. The summed E-state index contributed by atoms with van der Waals surface area (Å²) in [5, 5.41) is 23.5. The topological polar surface area (TPSA) is 104 Å². The molecule has 5 atom stereocenters. The monoisotopic (exact) mass is 534 g/mol. The third-order valence-electron chi connectivity index (χ3n) is 8.14. The van der Waals surface area contributed by atoms with E-state index < -0.39 is 8.32 Å². The second-order valence-corrected chi connectivity index (χ2v) is 17.2. The number of ether oxygens (including phenoxy) is 2. The van der Waals surface area contributed by atoms with Gasteiger partial charge in [-0.15, -0.1) is 11.3 Å². The van der Waals surface area contributed by atoms with E-state index in [0.717, 1.165) is 24.3 Å². The molecule has 1 saturated heterocycles. The van der Waals surface area contributed by atoms with Gasteiger partial charge in [0.05, 0.1) is 36.0 Å². The van der Waals surface area contributed by atoms with Gasteiger partial charge in [0.2, 0.25) is 0 Å². The van der Waals surface area contributed by atoms with E-state index >= 15 is 0 Å². The van der Waals surface area contributed by atoms with Crippen molar-refractivity contribution in [2.24, 2.45) is 11.8 Å². The van der Waals surface area contributed by atoms with Crippen LogP contribution in [0.15, 0.2) is 23.6 Å². The van der Waals surface area contributed by atoms with Crippen molar-refractivity contribution < 1.29 is 23.9 Å². The predicted octanol–water partition coefficient (Wildman–Crippen LogP) is 6.18. The van der Waals surface area contributed by atoms with Crippen LogP contribution in [-0.2, 0) is 15.8 Å². The maximum absolute atomic E-state index is 11.2. The van der Waals surface area contributed by atoms with Crippen molar-refractivity contribution in [2.45, 2.75) is 90.0 Å². The van der Waals surface area contributed by atoms with E-state index in [9.17, 15) is 15.2 Å². The predicted molar refractivity (Wildman–Crippen MR) is 142 cm³/mol. The minimum Gasteiger partial charge on any atom is -0.493 e. The fourth-order valence-corrected chi connectivity index (χ4v) is 7.33. The highest BCUT2D eigenvalue weighted by Gasteiger charge is 2.51. The summed E-state index contributed by atoms with van der Waals surface area (Å²) in [6.07, 6.45) is 2.73. The first kappa shape index (κ1) is 27.2. The van der Waals surface area contributed by atoms with Crippen molar-refractivity contribution in [3.8, 4) is 5.75 Å². The van der Waals surface area contributed by atoms with Gasteiger partial charge in [0.25, 0.3) is 5.69 Å². The molecule has 1 saturated carbocycles. The fraction of sp³-hybridized carbons (Fsp3) is 0.654. The molecule has 8 nitrogen and oxygen atoms in total. The van der Waals surface area contributed by atoms with Gasteiger partial charge in [-0.3, -0.25) is 10.1 Å². The van der Waals surface area contributed by atoms with Gasteiger partial charge in [-0.05, 0) is 62.4 Å². The number of thiazole rings is 1. The highest BCUT2D eigenvalue weighted by molar-refractivity contribution is 7.09. The number of hydrogen-bond donors (Lipinski definition) is 1. The van der Waals surface area contributed by atoms with Crippen molar-refractivity contribution in [3.63, 3.8) is 0 Å². The summed E-state index contributed by atoms with van der Waals surface area (Å²) in [6.45, 7) is 13.5. The molecule has 0 unspecified atom stereocenters. The van der Waals surface area contributed by atoms with Gasteiger partial charge in [-0.2, -0.15) is 0 Å². The second kappa shape index (κ2) is 10.5. The maximum atomic E-state index is 11.2. The zero-order valence-corrected chi connectivity index (χ0v) is 23.8. The van der Waals surface area contributed by atoms with Crippen LogP contribution in [0.25, 0.3) is 0 Å². The van der Waals surface area contributed by atoms with Crippen LogP contribution in [0.2, 0.25) is 18.1 Å². The van der Waals surface area contributed by atoms with Gasteiger partial charge < -0.3 is 19.0 Å². The number of aromatic nitrogens is 1. The molecule has 0 spiro atoms. The number of nitro benzene ring substituents is 1. The Morgan fingerprint density at radius 1 is 1.31 bits per heavy atom. The van der Waals surface area contributed by atoms with Crippen LogP contribution < -0.4 is 4.74 Å². The quantitative estimate of drug-likeness (QED) is 0.245. The molecule has 0 bridgehead atoms. The largest absolute Gasteiger partial charge is 0.493 e. The summed E-state index contributed by atoms with van der Waals surface area (Å²) in [5.41, 5.74) is 1.38. The van der Waals surface area contributed by atoms with Crippen LogP contribution in [0.5, 0.6) is 5.75 Å². The van der Waals surface area contributed by atoms with E-state index in [1.165, 1.54) is 6.07 Å². The molecule has 1 N–H and O–H groups in total. The van der Waals surface area contributed by atoms with Crippen molar-refractivity contribution >= 4 is 25.3 Å². The minimum atomic E-state index is -2.02. The van der Waals surface area contributed by atoms with E-state index in [1.54, 1.807) is 30.4 Å². The summed E-state index contributed by atoms with van der Waals surface area (Å²) < 4.78 is 19.8. The Balaban J connectivity index is 1.52. The molecular weight excluding hydrogens is 496 g/mol. The van der Waals surface area contributed by atoms with E-state index in [2.05, 4.69) is 38.8 Å². The van der Waals surface area contributed by atoms with Crippen LogP contribution >= 0.6 is 11.3 Å². The summed E-state index contributed by atoms with van der Waals surface area (Å²) in [6, 6.07) is 4.92. The van der Waals surface area contributed by atoms with Crippen molar-refractivity contribution in [2.75, 3.05) is 6.61 Å². The highest BCUT2D eigenvalue weighted by Crippen LogP contribution is 2.49. The molecule has 4 rings (SSSR count). The van der Waals surface area contributed by atoms with Crippen molar-refractivity contribution in [1.29, 1.82) is 0 Å². The van der Waals surface area contributed by atoms with E-state index in [1.807, 2.05) is 5.38 Å². The molecule has 2 heterocycles. The van der Waals surface area contributed by atoms with E-state index in [0.29, 0.717) is 29.5 Å². The molecule has 198 valence electrons. The third-order valence-corrected chi connectivity index (χ3v) is 13.6. The maximum Gasteiger partial charge on any atom is 0.272 e. The molecule has 1 aromatic heterocycles. The Morgan fingerprint density at radius 3 is 2.67 bits per heavy atom. The lowest BCUT2D eigenvalue weighted by Gasteiger charge is -2.40. The number of hydrogen-bond acceptors (Lipinski definition) is 8. The number of aliphatic hydroxyl groups is 1. The summed E-state index contributed by atoms with van der Waals surface area (Å²) in [4.78, 5) is 15.4. The number of aryl methyl sites for hydroxylation is 1. The van der Waals surface area contributed by atoms with Crippen LogP contribution in [0.4, 0.5) is 5.69 Å². The molecule has 0 radical (unpaired) electrons. The summed E-state index contributed by atoms with van der Waals surface area (Å²) in [7, 11) is -2.02. The standard InChI is InChI=1S/C26H38N2O6SSi/c1-16-11-18(7-9-21(16)28(30)31)32-14-20-19-8-10-22(25-27-17(13-29)15-35-25)33-23(19)12-24(20)34-36(5,6)26(2,3)4/h7,9,11,15,19-20,22-24,29H,8,10,12-14H2,1-6H3/t19-,20-,22-,23+,24-/m1/s1. The Hall–Kier alpha value is -1.85.